The average Bonchev–Trinajstić information content (AvgIpc) is 3.27. The highest BCUT2D eigenvalue weighted by Crippen LogP contribution is 2.38. The van der Waals surface area contributed by atoms with E-state index in [9.17, 15) is 0 Å². The van der Waals surface area contributed by atoms with Crippen molar-refractivity contribution in [2.75, 3.05) is 19.1 Å². The third-order valence-corrected chi connectivity index (χ3v) is 7.81. The number of anilines is 1. The number of benzene rings is 1. The Morgan fingerprint density at radius 2 is 1.50 bits per heavy atom. The van der Waals surface area contributed by atoms with Gasteiger partial charge in [-0.25, -0.2) is 0 Å². The van der Waals surface area contributed by atoms with Crippen LogP contribution in [0.3, 0.4) is 0 Å². The van der Waals surface area contributed by atoms with E-state index >= 15 is 0 Å². The van der Waals surface area contributed by atoms with E-state index in [-0.39, 0.29) is 22.3 Å². The zero-order valence-electron chi connectivity index (χ0n) is 22.6. The van der Waals surface area contributed by atoms with Gasteiger partial charge in [-0.05, 0) is 98.0 Å². The minimum absolute atomic E-state index is 0.0999. The van der Waals surface area contributed by atoms with Gasteiger partial charge in [-0.2, -0.15) is 0 Å². The first-order valence-electron chi connectivity index (χ1n) is 12.4. The summed E-state index contributed by atoms with van der Waals surface area (Å²) in [4.78, 5) is 6.02. The molecule has 2 N–H and O–H groups in total. The lowest BCUT2D eigenvalue weighted by atomic mass is 9.78. The maximum atomic E-state index is 6.23. The fourth-order valence-corrected chi connectivity index (χ4v) is 5.54. The van der Waals surface area contributed by atoms with Gasteiger partial charge in [0.2, 0.25) is 0 Å². The van der Waals surface area contributed by atoms with Crippen LogP contribution in [0, 0.1) is 0 Å². The van der Waals surface area contributed by atoms with Crippen molar-refractivity contribution in [1.29, 1.82) is 0 Å². The molecule has 0 unspecified atom stereocenters. The fourth-order valence-electron chi connectivity index (χ4n) is 5.54. The maximum absolute atomic E-state index is 6.23. The third-order valence-electron chi connectivity index (χ3n) is 7.81. The smallest absolute Gasteiger partial charge is 0.494 e. The van der Waals surface area contributed by atoms with Crippen LogP contribution < -0.4 is 20.4 Å². The molecular formula is C27H42BN3O3. The van der Waals surface area contributed by atoms with Crippen molar-refractivity contribution in [3.05, 3.63) is 30.3 Å². The number of aromatic amines is 1. The van der Waals surface area contributed by atoms with E-state index in [4.69, 9.17) is 14.0 Å². The molecule has 2 aliphatic heterocycles. The van der Waals surface area contributed by atoms with Gasteiger partial charge >= 0.3 is 7.12 Å². The second kappa shape index (κ2) is 8.32. The molecule has 6 nitrogen and oxygen atoms in total. The summed E-state index contributed by atoms with van der Waals surface area (Å²) in [5, 5.41) is 3.78. The molecule has 0 atom stereocenters. The first kappa shape index (κ1) is 25.1. The number of nitrogens with zero attached hydrogens (tertiary/aromatic N) is 1. The Morgan fingerprint density at radius 1 is 0.912 bits per heavy atom. The van der Waals surface area contributed by atoms with Crippen LogP contribution in [-0.4, -0.2) is 54.6 Å². The SMILES string of the molecule is COc1cc(B2OC(C)(C)C(C)(C)O2)ccc1-c1ccc(N(C)C2CC(C)(C)NC(C)(C)C2)[nH]1. The van der Waals surface area contributed by atoms with Crippen LogP contribution in [0.1, 0.15) is 68.2 Å². The molecule has 2 aliphatic rings. The van der Waals surface area contributed by atoms with Crippen molar-refractivity contribution in [3.8, 4) is 17.0 Å². The van der Waals surface area contributed by atoms with Crippen LogP contribution in [0.4, 0.5) is 5.82 Å². The summed E-state index contributed by atoms with van der Waals surface area (Å²) in [5.74, 6) is 1.91. The van der Waals surface area contributed by atoms with Crippen molar-refractivity contribution in [2.24, 2.45) is 0 Å². The highest BCUT2D eigenvalue weighted by Gasteiger charge is 2.51. The van der Waals surface area contributed by atoms with E-state index in [2.05, 4.69) is 102 Å². The number of piperidine rings is 1. The Hall–Kier alpha value is -1.96. The number of ether oxygens (including phenoxy) is 1. The molecule has 1 aromatic carbocycles. The molecule has 0 saturated carbocycles. The van der Waals surface area contributed by atoms with Gasteiger partial charge in [-0.3, -0.25) is 0 Å². The minimum atomic E-state index is -0.412. The highest BCUT2D eigenvalue weighted by atomic mass is 16.7. The number of hydrogen-bond acceptors (Lipinski definition) is 5. The molecule has 4 rings (SSSR count). The standard InChI is InChI=1S/C27H42BN3O3/c1-24(2)16-19(17-25(3,4)30-24)31(9)23-14-13-21(29-23)20-12-11-18(15-22(20)32-10)28-33-26(5,6)27(7,8)34-28/h11-15,19,29-30H,16-17H2,1-10H3. The lowest BCUT2D eigenvalue weighted by Gasteiger charge is -2.49. The third kappa shape index (κ3) is 4.75. The molecule has 2 saturated heterocycles. The number of H-pyrrole nitrogens is 1. The van der Waals surface area contributed by atoms with Crippen molar-refractivity contribution in [2.45, 2.75) is 96.6 Å². The second-order valence-electron chi connectivity index (χ2n) is 12.4. The average molecular weight is 467 g/mol. The molecular weight excluding hydrogens is 425 g/mol. The van der Waals surface area contributed by atoms with Gasteiger partial charge in [0.05, 0.1) is 24.0 Å². The number of nitrogens with one attached hydrogen (secondary N) is 2. The number of aromatic nitrogens is 1. The van der Waals surface area contributed by atoms with Gasteiger partial charge in [0, 0.05) is 29.7 Å². The molecule has 7 heteroatoms. The lowest BCUT2D eigenvalue weighted by Crippen LogP contribution is -2.62. The quantitative estimate of drug-likeness (QED) is 0.623. The predicted octanol–water partition coefficient (Wildman–Crippen LogP) is 4.73. The molecule has 0 radical (unpaired) electrons. The van der Waals surface area contributed by atoms with Crippen molar-refractivity contribution < 1.29 is 14.0 Å². The zero-order valence-corrected chi connectivity index (χ0v) is 22.6. The second-order valence-corrected chi connectivity index (χ2v) is 12.4. The number of methoxy groups -OCH3 is 1. The first-order valence-corrected chi connectivity index (χ1v) is 12.4. The Kier molecular flexibility index (Phi) is 6.15. The Morgan fingerprint density at radius 3 is 2.06 bits per heavy atom. The Bertz CT molecular complexity index is 1010. The largest absolute Gasteiger partial charge is 0.496 e. The van der Waals surface area contributed by atoms with E-state index in [0.29, 0.717) is 6.04 Å². The van der Waals surface area contributed by atoms with Gasteiger partial charge in [0.25, 0.3) is 0 Å². The lowest BCUT2D eigenvalue weighted by molar-refractivity contribution is 0.00578. The molecule has 186 valence electrons. The Balaban J connectivity index is 1.57. The maximum Gasteiger partial charge on any atom is 0.494 e. The Labute approximate surface area is 205 Å². The number of rotatable bonds is 5. The normalized spacial score (nSPS) is 23.2. The summed E-state index contributed by atoms with van der Waals surface area (Å²) < 4.78 is 18.3. The van der Waals surface area contributed by atoms with Crippen LogP contribution in [-0.2, 0) is 9.31 Å². The van der Waals surface area contributed by atoms with Crippen LogP contribution in [0.5, 0.6) is 5.75 Å². The summed E-state index contributed by atoms with van der Waals surface area (Å²) in [5.41, 5.74) is 2.47. The molecule has 3 heterocycles. The monoisotopic (exact) mass is 467 g/mol. The fraction of sp³-hybridized carbons (Fsp3) is 0.630. The summed E-state index contributed by atoms with van der Waals surface area (Å²) in [7, 11) is 3.49. The van der Waals surface area contributed by atoms with Gasteiger partial charge < -0.3 is 29.2 Å². The van der Waals surface area contributed by atoms with E-state index in [0.717, 1.165) is 41.1 Å². The molecule has 2 fully saturated rings. The van der Waals surface area contributed by atoms with Crippen LogP contribution in [0.25, 0.3) is 11.3 Å². The molecule has 1 aromatic heterocycles. The summed E-state index contributed by atoms with van der Waals surface area (Å²) in [6, 6.07) is 10.9. The van der Waals surface area contributed by atoms with E-state index < -0.39 is 7.12 Å². The molecule has 0 aliphatic carbocycles. The molecule has 0 bridgehead atoms. The molecule has 34 heavy (non-hydrogen) atoms. The van der Waals surface area contributed by atoms with Crippen LogP contribution in [0.2, 0.25) is 0 Å². The minimum Gasteiger partial charge on any atom is -0.496 e. The predicted molar refractivity (Wildman–Crippen MR) is 141 cm³/mol. The van der Waals surface area contributed by atoms with Crippen LogP contribution in [0.15, 0.2) is 30.3 Å². The van der Waals surface area contributed by atoms with E-state index in [1.54, 1.807) is 7.11 Å². The highest BCUT2D eigenvalue weighted by molar-refractivity contribution is 6.62. The van der Waals surface area contributed by atoms with Crippen molar-refractivity contribution >= 4 is 18.4 Å². The van der Waals surface area contributed by atoms with Gasteiger partial charge in [0.1, 0.15) is 11.6 Å². The van der Waals surface area contributed by atoms with Gasteiger partial charge in [0.15, 0.2) is 0 Å². The van der Waals surface area contributed by atoms with Gasteiger partial charge in [-0.15, -0.1) is 0 Å². The van der Waals surface area contributed by atoms with E-state index in [1.807, 2.05) is 6.07 Å². The summed E-state index contributed by atoms with van der Waals surface area (Å²) in [6.07, 6.45) is 2.18. The molecule has 0 spiro atoms. The van der Waals surface area contributed by atoms with Crippen LogP contribution >= 0.6 is 0 Å². The van der Waals surface area contributed by atoms with E-state index in [1.165, 1.54) is 0 Å². The topological polar surface area (TPSA) is 58.8 Å². The summed E-state index contributed by atoms with van der Waals surface area (Å²) in [6.45, 7) is 17.5. The van der Waals surface area contributed by atoms with Crippen molar-refractivity contribution in [3.63, 3.8) is 0 Å². The van der Waals surface area contributed by atoms with Gasteiger partial charge in [-0.1, -0.05) is 6.07 Å². The summed E-state index contributed by atoms with van der Waals surface area (Å²) >= 11 is 0. The first-order chi connectivity index (χ1) is 15.6. The molecule has 2 aromatic rings. The number of hydrogen-bond donors (Lipinski definition) is 2. The molecule has 0 amide bonds. The van der Waals surface area contributed by atoms with Crippen molar-refractivity contribution in [1.82, 2.24) is 10.3 Å². The zero-order chi connectivity index (χ0) is 25.1.